The molecule has 0 spiro atoms. The van der Waals surface area contributed by atoms with Crippen LogP contribution in [0, 0.1) is 12.8 Å². The van der Waals surface area contributed by atoms with Gasteiger partial charge in [-0.25, -0.2) is 0 Å². The number of benzene rings is 2. The first kappa shape index (κ1) is 20.2. The molecule has 1 aliphatic rings. The molecule has 0 radical (unpaired) electrons. The maximum atomic E-state index is 12.3. The molecule has 1 aliphatic heterocycles. The highest BCUT2D eigenvalue weighted by atomic mass is 35.5. The van der Waals surface area contributed by atoms with Gasteiger partial charge in [0, 0.05) is 18.7 Å². The molecule has 0 aromatic heterocycles. The zero-order chi connectivity index (χ0) is 20.3. The lowest BCUT2D eigenvalue weighted by Crippen LogP contribution is -2.28. The zero-order valence-corrected chi connectivity index (χ0v) is 16.6. The number of rotatable bonds is 5. The number of esters is 1. The molecule has 2 aromatic rings. The molecule has 0 saturated carbocycles. The summed E-state index contributed by atoms with van der Waals surface area (Å²) in [5.74, 6) is -1.90. The van der Waals surface area contributed by atoms with Crippen LogP contribution in [0.5, 0.6) is 0 Å². The Hall–Kier alpha value is -2.57. The molecule has 28 heavy (non-hydrogen) atoms. The number of carbonyl (C=O) groups excluding carboxylic acids is 3. The first-order chi connectivity index (χ1) is 13.3. The quantitative estimate of drug-likeness (QED) is 0.745. The van der Waals surface area contributed by atoms with E-state index in [0.29, 0.717) is 10.7 Å². The molecule has 1 unspecified atom stereocenters. The Bertz CT molecular complexity index is 915. The minimum absolute atomic E-state index is 0.0500. The van der Waals surface area contributed by atoms with E-state index in [4.69, 9.17) is 27.9 Å². The van der Waals surface area contributed by atoms with Crippen LogP contribution in [-0.4, -0.2) is 30.9 Å². The van der Waals surface area contributed by atoms with Crippen molar-refractivity contribution in [2.24, 2.45) is 5.92 Å². The Morgan fingerprint density at radius 1 is 1.18 bits per heavy atom. The number of carbonyl (C=O) groups is 3. The van der Waals surface area contributed by atoms with Gasteiger partial charge in [-0.2, -0.15) is 0 Å². The third-order valence-corrected chi connectivity index (χ3v) is 5.19. The van der Waals surface area contributed by atoms with Crippen LogP contribution in [0.2, 0.25) is 10.0 Å². The number of ether oxygens (including phenoxy) is 1. The first-order valence-electron chi connectivity index (χ1n) is 8.62. The average molecular weight is 421 g/mol. The highest BCUT2D eigenvalue weighted by Crippen LogP contribution is 2.29. The molecule has 1 atom stereocenters. The highest BCUT2D eigenvalue weighted by molar-refractivity contribution is 6.44. The number of hydrogen-bond acceptors (Lipinski definition) is 4. The van der Waals surface area contributed by atoms with Crippen molar-refractivity contribution in [1.29, 1.82) is 0 Å². The second-order valence-corrected chi connectivity index (χ2v) is 7.28. The van der Waals surface area contributed by atoms with Gasteiger partial charge >= 0.3 is 5.97 Å². The summed E-state index contributed by atoms with van der Waals surface area (Å²) in [5.41, 5.74) is 2.15. The highest BCUT2D eigenvalue weighted by Gasteiger charge is 2.36. The van der Waals surface area contributed by atoms with Crippen molar-refractivity contribution in [2.75, 3.05) is 23.4 Å². The van der Waals surface area contributed by atoms with E-state index >= 15 is 0 Å². The van der Waals surface area contributed by atoms with Gasteiger partial charge in [0.2, 0.25) is 5.91 Å². The van der Waals surface area contributed by atoms with Crippen LogP contribution >= 0.6 is 23.2 Å². The maximum Gasteiger partial charge on any atom is 0.311 e. The molecule has 6 nitrogen and oxygen atoms in total. The lowest BCUT2D eigenvalue weighted by atomic mass is 10.1. The Labute approximate surface area is 172 Å². The molecule has 2 amide bonds. The van der Waals surface area contributed by atoms with Crippen LogP contribution in [0.4, 0.5) is 11.4 Å². The second-order valence-electron chi connectivity index (χ2n) is 6.50. The lowest BCUT2D eigenvalue weighted by molar-refractivity contribution is -0.151. The smallest absolute Gasteiger partial charge is 0.311 e. The predicted molar refractivity (Wildman–Crippen MR) is 108 cm³/mol. The fraction of sp³-hybridized carbons (Fsp3) is 0.250. The molecule has 1 saturated heterocycles. The Morgan fingerprint density at radius 3 is 2.61 bits per heavy atom. The van der Waals surface area contributed by atoms with Gasteiger partial charge in [-0.15, -0.1) is 0 Å². The SMILES string of the molecule is Cc1ccc(N2CC(C(=O)OCC(=O)Nc3cccc(Cl)c3Cl)CC2=O)cc1. The summed E-state index contributed by atoms with van der Waals surface area (Å²) in [4.78, 5) is 38.1. The van der Waals surface area contributed by atoms with Crippen LogP contribution in [0.3, 0.4) is 0 Å². The summed E-state index contributed by atoms with van der Waals surface area (Å²) in [6.45, 7) is 1.71. The fourth-order valence-corrected chi connectivity index (χ4v) is 3.23. The summed E-state index contributed by atoms with van der Waals surface area (Å²) in [6, 6.07) is 12.3. The van der Waals surface area contributed by atoms with Crippen molar-refractivity contribution in [2.45, 2.75) is 13.3 Å². The molecule has 8 heteroatoms. The molecule has 1 N–H and O–H groups in total. The van der Waals surface area contributed by atoms with E-state index in [2.05, 4.69) is 5.32 Å². The van der Waals surface area contributed by atoms with Gasteiger partial charge in [-0.05, 0) is 31.2 Å². The first-order valence-corrected chi connectivity index (χ1v) is 9.38. The number of amides is 2. The normalized spacial score (nSPS) is 16.2. The van der Waals surface area contributed by atoms with E-state index < -0.39 is 24.4 Å². The maximum absolute atomic E-state index is 12.3. The van der Waals surface area contributed by atoms with Crippen molar-refractivity contribution in [1.82, 2.24) is 0 Å². The summed E-state index contributed by atoms with van der Waals surface area (Å²) >= 11 is 11.9. The van der Waals surface area contributed by atoms with E-state index in [1.165, 1.54) is 0 Å². The summed E-state index contributed by atoms with van der Waals surface area (Å²) < 4.78 is 5.08. The van der Waals surface area contributed by atoms with Crippen molar-refractivity contribution in [3.8, 4) is 0 Å². The fourth-order valence-electron chi connectivity index (χ4n) is 2.88. The van der Waals surface area contributed by atoms with Crippen molar-refractivity contribution >= 4 is 52.4 Å². The zero-order valence-electron chi connectivity index (χ0n) is 15.1. The van der Waals surface area contributed by atoms with Crippen molar-refractivity contribution in [3.63, 3.8) is 0 Å². The van der Waals surface area contributed by atoms with Gasteiger partial charge in [-0.1, -0.05) is 47.0 Å². The Balaban J connectivity index is 1.53. The molecule has 0 bridgehead atoms. The van der Waals surface area contributed by atoms with E-state index in [9.17, 15) is 14.4 Å². The van der Waals surface area contributed by atoms with Crippen LogP contribution in [0.15, 0.2) is 42.5 Å². The number of halogens is 2. The molecular weight excluding hydrogens is 403 g/mol. The third-order valence-electron chi connectivity index (χ3n) is 4.38. The number of hydrogen-bond donors (Lipinski definition) is 1. The van der Waals surface area contributed by atoms with E-state index in [0.717, 1.165) is 11.3 Å². The monoisotopic (exact) mass is 420 g/mol. The van der Waals surface area contributed by atoms with E-state index in [1.54, 1.807) is 23.1 Å². The molecule has 1 fully saturated rings. The molecule has 146 valence electrons. The molecule has 3 rings (SSSR count). The summed E-state index contributed by atoms with van der Waals surface area (Å²) in [5, 5.41) is 3.05. The van der Waals surface area contributed by atoms with Crippen LogP contribution in [0.1, 0.15) is 12.0 Å². The van der Waals surface area contributed by atoms with Gasteiger partial charge in [0.25, 0.3) is 5.91 Å². The summed E-state index contributed by atoms with van der Waals surface area (Å²) in [7, 11) is 0. The Morgan fingerprint density at radius 2 is 1.89 bits per heavy atom. The number of anilines is 2. The number of nitrogens with one attached hydrogen (secondary N) is 1. The lowest BCUT2D eigenvalue weighted by Gasteiger charge is -2.16. The van der Waals surface area contributed by atoms with Crippen LogP contribution in [-0.2, 0) is 19.1 Å². The molecule has 0 aliphatic carbocycles. The van der Waals surface area contributed by atoms with Gasteiger partial charge in [0.1, 0.15) is 0 Å². The van der Waals surface area contributed by atoms with Gasteiger partial charge < -0.3 is 15.0 Å². The van der Waals surface area contributed by atoms with E-state index in [-0.39, 0.29) is 23.9 Å². The van der Waals surface area contributed by atoms with Gasteiger partial charge in [0.15, 0.2) is 6.61 Å². The Kier molecular flexibility index (Phi) is 6.21. The molecular formula is C20H18Cl2N2O4. The largest absolute Gasteiger partial charge is 0.455 e. The minimum Gasteiger partial charge on any atom is -0.455 e. The van der Waals surface area contributed by atoms with Gasteiger partial charge in [-0.3, -0.25) is 14.4 Å². The topological polar surface area (TPSA) is 75.7 Å². The predicted octanol–water partition coefficient (Wildman–Crippen LogP) is 3.84. The van der Waals surface area contributed by atoms with Crippen LogP contribution in [0.25, 0.3) is 0 Å². The molecule has 1 heterocycles. The van der Waals surface area contributed by atoms with Gasteiger partial charge in [0.05, 0.1) is 21.7 Å². The van der Waals surface area contributed by atoms with E-state index in [1.807, 2.05) is 31.2 Å². The standard InChI is InChI=1S/C20H18Cl2N2O4/c1-12-5-7-14(8-6-12)24-10-13(9-18(24)26)20(27)28-11-17(25)23-16-4-2-3-15(21)19(16)22/h2-8,13H,9-11H2,1H3,(H,23,25). The second kappa shape index (κ2) is 8.63. The number of nitrogens with zero attached hydrogens (tertiary/aromatic N) is 1. The number of aryl methyl sites for hydroxylation is 1. The summed E-state index contributed by atoms with van der Waals surface area (Å²) in [6.07, 6.45) is 0.0500. The van der Waals surface area contributed by atoms with Crippen LogP contribution < -0.4 is 10.2 Å². The molecule has 2 aromatic carbocycles. The van der Waals surface area contributed by atoms with Crippen molar-refractivity contribution < 1.29 is 19.1 Å². The minimum atomic E-state index is -0.614. The van der Waals surface area contributed by atoms with Crippen molar-refractivity contribution in [3.05, 3.63) is 58.1 Å². The average Bonchev–Trinajstić information content (AvgIpc) is 3.06. The third kappa shape index (κ3) is 4.64.